The topological polar surface area (TPSA) is 54.0 Å². The molecule has 4 bridgehead atoms. The summed E-state index contributed by atoms with van der Waals surface area (Å²) in [6.07, 6.45) is 9.03. The molecular formula is C17H18N4. The van der Waals surface area contributed by atoms with Crippen molar-refractivity contribution in [2.45, 2.75) is 38.0 Å². The number of rotatable bonds is 1. The summed E-state index contributed by atoms with van der Waals surface area (Å²) < 4.78 is 2.12. The maximum absolute atomic E-state index is 9.01. The third kappa shape index (κ3) is 1.61. The molecule has 21 heavy (non-hydrogen) atoms. The minimum absolute atomic E-state index is 0.584. The lowest BCUT2D eigenvalue weighted by Gasteiger charge is -2.53. The van der Waals surface area contributed by atoms with E-state index in [1.54, 1.807) is 0 Å². The highest BCUT2D eigenvalue weighted by Gasteiger charge is 2.50. The third-order valence-electron chi connectivity index (χ3n) is 6.09. The second-order valence-corrected chi connectivity index (χ2v) is 7.27. The zero-order chi connectivity index (χ0) is 14.0. The first kappa shape index (κ1) is 11.7. The van der Waals surface area contributed by atoms with Gasteiger partial charge in [-0.1, -0.05) is 0 Å². The van der Waals surface area contributed by atoms with Gasteiger partial charge in [-0.2, -0.15) is 5.26 Å². The lowest BCUT2D eigenvalue weighted by Crippen LogP contribution is -2.44. The molecular weight excluding hydrogens is 260 g/mol. The van der Waals surface area contributed by atoms with Crippen LogP contribution in [0.25, 0.3) is 5.65 Å². The second kappa shape index (κ2) is 4.07. The molecule has 0 saturated heterocycles. The van der Waals surface area contributed by atoms with Gasteiger partial charge in [0.25, 0.3) is 0 Å². The zero-order valence-corrected chi connectivity index (χ0v) is 11.9. The molecule has 4 fully saturated rings. The monoisotopic (exact) mass is 278 g/mol. The van der Waals surface area contributed by atoms with Crippen molar-refractivity contribution in [2.75, 3.05) is 0 Å². The van der Waals surface area contributed by atoms with E-state index >= 15 is 0 Å². The van der Waals surface area contributed by atoms with E-state index in [0.29, 0.717) is 11.5 Å². The SMILES string of the molecule is N#Cc1ccn2c(C3C4CC5CC(C4)CC3C5)nnc2c1. The van der Waals surface area contributed by atoms with Crippen LogP contribution >= 0.6 is 0 Å². The van der Waals surface area contributed by atoms with E-state index in [2.05, 4.69) is 20.7 Å². The Kier molecular flexibility index (Phi) is 2.27. The van der Waals surface area contributed by atoms with Crippen LogP contribution in [0.2, 0.25) is 0 Å². The lowest BCUT2D eigenvalue weighted by molar-refractivity contribution is -0.00597. The Balaban J connectivity index is 1.60. The van der Waals surface area contributed by atoms with Crippen molar-refractivity contribution >= 4 is 5.65 Å². The summed E-state index contributed by atoms with van der Waals surface area (Å²) in [5.41, 5.74) is 1.48. The number of nitriles is 1. The zero-order valence-electron chi connectivity index (χ0n) is 11.9. The maximum Gasteiger partial charge on any atom is 0.162 e. The van der Waals surface area contributed by atoms with Gasteiger partial charge in [0, 0.05) is 18.2 Å². The van der Waals surface area contributed by atoms with Crippen LogP contribution in [-0.4, -0.2) is 14.6 Å². The number of pyridine rings is 1. The van der Waals surface area contributed by atoms with Gasteiger partial charge in [-0.3, -0.25) is 4.40 Å². The van der Waals surface area contributed by atoms with Crippen LogP contribution < -0.4 is 0 Å². The molecule has 0 aliphatic heterocycles. The molecule has 6 rings (SSSR count). The van der Waals surface area contributed by atoms with Crippen LogP contribution in [0.1, 0.15) is 49.4 Å². The van der Waals surface area contributed by atoms with Crippen molar-refractivity contribution in [3.8, 4) is 6.07 Å². The van der Waals surface area contributed by atoms with Crippen molar-refractivity contribution in [3.63, 3.8) is 0 Å². The van der Waals surface area contributed by atoms with Crippen LogP contribution in [0.15, 0.2) is 18.3 Å². The summed E-state index contributed by atoms with van der Waals surface area (Å²) in [4.78, 5) is 0. The number of hydrogen-bond acceptors (Lipinski definition) is 3. The van der Waals surface area contributed by atoms with E-state index in [-0.39, 0.29) is 0 Å². The van der Waals surface area contributed by atoms with Gasteiger partial charge < -0.3 is 0 Å². The summed E-state index contributed by atoms with van der Waals surface area (Å²) in [5.74, 6) is 5.30. The number of aromatic nitrogens is 3. The number of hydrogen-bond donors (Lipinski definition) is 0. The van der Waals surface area contributed by atoms with Crippen LogP contribution in [0.3, 0.4) is 0 Å². The lowest BCUT2D eigenvalue weighted by atomic mass is 9.51. The van der Waals surface area contributed by atoms with Crippen molar-refractivity contribution in [1.29, 1.82) is 5.26 Å². The molecule has 0 radical (unpaired) electrons. The normalized spacial score (nSPS) is 37.0. The van der Waals surface area contributed by atoms with Crippen molar-refractivity contribution in [3.05, 3.63) is 29.7 Å². The molecule has 0 spiro atoms. The van der Waals surface area contributed by atoms with Crippen LogP contribution in [-0.2, 0) is 0 Å². The Hall–Kier alpha value is -1.89. The fourth-order valence-corrected chi connectivity index (χ4v) is 5.55. The third-order valence-corrected chi connectivity index (χ3v) is 6.09. The first-order chi connectivity index (χ1) is 10.3. The van der Waals surface area contributed by atoms with Crippen molar-refractivity contribution in [2.24, 2.45) is 23.7 Å². The van der Waals surface area contributed by atoms with E-state index in [9.17, 15) is 0 Å². The largest absolute Gasteiger partial charge is 0.286 e. The quantitative estimate of drug-likeness (QED) is 0.805. The Labute approximate surface area is 123 Å². The molecule has 4 aliphatic rings. The van der Waals surface area contributed by atoms with Gasteiger partial charge in [0.05, 0.1) is 11.6 Å². The van der Waals surface area contributed by atoms with E-state index in [0.717, 1.165) is 35.1 Å². The first-order valence-corrected chi connectivity index (χ1v) is 8.06. The molecule has 0 N–H and O–H groups in total. The van der Waals surface area contributed by atoms with Gasteiger partial charge in [-0.15, -0.1) is 10.2 Å². The molecule has 0 unspecified atom stereocenters. The summed E-state index contributed by atoms with van der Waals surface area (Å²) in [6.45, 7) is 0. The summed E-state index contributed by atoms with van der Waals surface area (Å²) in [5, 5.41) is 17.9. The van der Waals surface area contributed by atoms with E-state index in [4.69, 9.17) is 5.26 Å². The highest BCUT2D eigenvalue weighted by Crippen LogP contribution is 2.59. The van der Waals surface area contributed by atoms with Crippen LogP contribution in [0, 0.1) is 35.0 Å². The van der Waals surface area contributed by atoms with Crippen molar-refractivity contribution < 1.29 is 0 Å². The fraction of sp³-hybridized carbons (Fsp3) is 0.588. The van der Waals surface area contributed by atoms with Gasteiger partial charge in [0.2, 0.25) is 0 Å². The number of fused-ring (bicyclic) bond motifs is 1. The summed E-state index contributed by atoms with van der Waals surface area (Å²) >= 11 is 0. The maximum atomic E-state index is 9.01. The average molecular weight is 278 g/mol. The minimum Gasteiger partial charge on any atom is -0.286 e. The van der Waals surface area contributed by atoms with Gasteiger partial charge in [-0.05, 0) is 61.8 Å². The average Bonchev–Trinajstić information content (AvgIpc) is 2.89. The fourth-order valence-electron chi connectivity index (χ4n) is 5.55. The predicted octanol–water partition coefficient (Wildman–Crippen LogP) is 3.14. The summed E-state index contributed by atoms with van der Waals surface area (Å²) in [7, 11) is 0. The molecule has 4 saturated carbocycles. The Morgan fingerprint density at radius 1 is 1.05 bits per heavy atom. The molecule has 106 valence electrons. The van der Waals surface area contributed by atoms with E-state index in [1.807, 2.05) is 18.3 Å². The minimum atomic E-state index is 0.584. The predicted molar refractivity (Wildman–Crippen MR) is 77.5 cm³/mol. The highest BCUT2D eigenvalue weighted by molar-refractivity contribution is 5.46. The molecule has 2 aromatic rings. The van der Waals surface area contributed by atoms with Gasteiger partial charge in [-0.25, -0.2) is 0 Å². The summed E-state index contributed by atoms with van der Waals surface area (Å²) in [6, 6.07) is 5.89. The second-order valence-electron chi connectivity index (χ2n) is 7.27. The van der Waals surface area contributed by atoms with Gasteiger partial charge in [0.1, 0.15) is 5.82 Å². The molecule has 0 atom stereocenters. The Bertz CT molecular complexity index is 726. The van der Waals surface area contributed by atoms with Crippen molar-refractivity contribution in [1.82, 2.24) is 14.6 Å². The molecule has 0 amide bonds. The molecule has 4 aliphatic carbocycles. The highest BCUT2D eigenvalue weighted by atomic mass is 15.2. The van der Waals surface area contributed by atoms with E-state index < -0.39 is 0 Å². The standard InChI is InChI=1S/C17H18N4/c18-9-10-1-2-21-15(8-10)19-20-17(21)16-13-4-11-3-12(6-13)7-14(16)5-11/h1-2,8,11-14,16H,3-7H2. The van der Waals surface area contributed by atoms with Crippen LogP contribution in [0.4, 0.5) is 0 Å². The Morgan fingerprint density at radius 3 is 2.43 bits per heavy atom. The molecule has 2 aromatic heterocycles. The van der Waals surface area contributed by atoms with Crippen LogP contribution in [0.5, 0.6) is 0 Å². The number of nitrogens with zero attached hydrogens (tertiary/aromatic N) is 4. The smallest absolute Gasteiger partial charge is 0.162 e. The molecule has 0 aromatic carbocycles. The molecule has 4 heteroatoms. The molecule has 4 nitrogen and oxygen atoms in total. The Morgan fingerprint density at radius 2 is 1.76 bits per heavy atom. The molecule has 2 heterocycles. The van der Waals surface area contributed by atoms with E-state index in [1.165, 1.54) is 32.1 Å². The van der Waals surface area contributed by atoms with Gasteiger partial charge in [0.15, 0.2) is 5.65 Å². The first-order valence-electron chi connectivity index (χ1n) is 8.06. The van der Waals surface area contributed by atoms with Gasteiger partial charge >= 0.3 is 0 Å².